The maximum Gasteiger partial charge on any atom is 0.251 e. The van der Waals surface area contributed by atoms with Gasteiger partial charge in [-0.25, -0.2) is 0 Å². The minimum atomic E-state index is -0.669. The van der Waals surface area contributed by atoms with Gasteiger partial charge in [-0.05, 0) is 42.0 Å². The number of hydrogen-bond acceptors (Lipinski definition) is 3. The molecule has 0 unspecified atom stereocenters. The summed E-state index contributed by atoms with van der Waals surface area (Å²) in [5, 5.41) is 5.95. The van der Waals surface area contributed by atoms with Gasteiger partial charge in [0.05, 0.1) is 6.42 Å². The zero-order valence-electron chi connectivity index (χ0n) is 19.7. The van der Waals surface area contributed by atoms with E-state index in [1.165, 1.54) is 0 Å². The highest BCUT2D eigenvalue weighted by molar-refractivity contribution is 5.97. The molecule has 35 heavy (non-hydrogen) atoms. The molecule has 1 fully saturated rings. The molecule has 3 amide bonds. The fourth-order valence-electron chi connectivity index (χ4n) is 4.47. The number of hydrogen-bond donors (Lipinski definition) is 2. The van der Waals surface area contributed by atoms with E-state index in [0.29, 0.717) is 44.5 Å². The second kappa shape index (κ2) is 12.0. The molecule has 6 heteroatoms. The Hall–Kier alpha value is -3.93. The van der Waals surface area contributed by atoms with E-state index in [1.807, 2.05) is 71.6 Å². The number of likely N-dealkylation sites (tertiary alicyclic amines) is 1. The zero-order valence-corrected chi connectivity index (χ0v) is 19.7. The third-order valence-electron chi connectivity index (χ3n) is 6.48. The second-order valence-corrected chi connectivity index (χ2v) is 8.90. The van der Waals surface area contributed by atoms with E-state index in [2.05, 4.69) is 10.6 Å². The smallest absolute Gasteiger partial charge is 0.251 e. The Morgan fingerprint density at radius 2 is 1.31 bits per heavy atom. The summed E-state index contributed by atoms with van der Waals surface area (Å²) in [6, 6.07) is 27.7. The SMILES string of the molecule is O=C(N[C@H](C(=O)NCc1ccccc1)C1CCN(C(=O)Cc2ccccc2)CC1)c1ccccc1. The van der Waals surface area contributed by atoms with Crippen molar-refractivity contribution < 1.29 is 14.4 Å². The summed E-state index contributed by atoms with van der Waals surface area (Å²) in [6.45, 7) is 1.53. The molecule has 3 aromatic carbocycles. The zero-order chi connectivity index (χ0) is 24.5. The van der Waals surface area contributed by atoms with Crippen LogP contribution < -0.4 is 10.6 Å². The summed E-state index contributed by atoms with van der Waals surface area (Å²) in [6.07, 6.45) is 1.68. The third kappa shape index (κ3) is 6.79. The van der Waals surface area contributed by atoms with Crippen LogP contribution in [0.2, 0.25) is 0 Å². The van der Waals surface area contributed by atoms with Crippen LogP contribution in [0.3, 0.4) is 0 Å². The van der Waals surface area contributed by atoms with Crippen molar-refractivity contribution in [2.75, 3.05) is 13.1 Å². The quantitative estimate of drug-likeness (QED) is 0.529. The molecule has 1 heterocycles. The van der Waals surface area contributed by atoms with E-state index < -0.39 is 6.04 Å². The fourth-order valence-corrected chi connectivity index (χ4v) is 4.47. The van der Waals surface area contributed by atoms with Gasteiger partial charge in [0.15, 0.2) is 0 Å². The molecular formula is C29H31N3O3. The van der Waals surface area contributed by atoms with Gasteiger partial charge in [0.25, 0.3) is 5.91 Å². The monoisotopic (exact) mass is 469 g/mol. The van der Waals surface area contributed by atoms with Crippen molar-refractivity contribution in [2.24, 2.45) is 5.92 Å². The van der Waals surface area contributed by atoms with Crippen LogP contribution >= 0.6 is 0 Å². The summed E-state index contributed by atoms with van der Waals surface area (Å²) in [5.74, 6) is -0.437. The highest BCUT2D eigenvalue weighted by atomic mass is 16.2. The number of carbonyl (C=O) groups excluding carboxylic acids is 3. The Kier molecular flexibility index (Phi) is 8.28. The standard InChI is InChI=1S/C29H31N3O3/c33-26(20-22-10-4-1-5-11-22)32-18-16-24(17-19-32)27(31-28(34)25-14-8-3-9-15-25)29(35)30-21-23-12-6-2-7-13-23/h1-15,24,27H,16-21H2,(H,30,35)(H,31,34)/t27-/m0/s1. The average molecular weight is 470 g/mol. The van der Waals surface area contributed by atoms with Crippen LogP contribution in [-0.4, -0.2) is 41.8 Å². The van der Waals surface area contributed by atoms with Crippen LogP contribution in [0.15, 0.2) is 91.0 Å². The first-order valence-corrected chi connectivity index (χ1v) is 12.1. The Morgan fingerprint density at radius 1 is 0.771 bits per heavy atom. The number of rotatable bonds is 8. The van der Waals surface area contributed by atoms with Crippen molar-refractivity contribution in [3.63, 3.8) is 0 Å². The van der Waals surface area contributed by atoms with Gasteiger partial charge in [0.2, 0.25) is 11.8 Å². The molecular weight excluding hydrogens is 438 g/mol. The normalized spacial score (nSPS) is 14.7. The van der Waals surface area contributed by atoms with Crippen LogP contribution in [0.5, 0.6) is 0 Å². The van der Waals surface area contributed by atoms with E-state index in [1.54, 1.807) is 24.3 Å². The minimum Gasteiger partial charge on any atom is -0.350 e. The van der Waals surface area contributed by atoms with Gasteiger partial charge in [-0.15, -0.1) is 0 Å². The molecule has 0 spiro atoms. The van der Waals surface area contributed by atoms with Gasteiger partial charge in [0.1, 0.15) is 6.04 Å². The summed E-state index contributed by atoms with van der Waals surface area (Å²) in [5.41, 5.74) is 2.51. The number of nitrogens with zero attached hydrogens (tertiary/aromatic N) is 1. The molecule has 0 aliphatic carbocycles. The lowest BCUT2D eigenvalue weighted by atomic mass is 9.88. The van der Waals surface area contributed by atoms with Crippen molar-refractivity contribution in [3.8, 4) is 0 Å². The van der Waals surface area contributed by atoms with Crippen LogP contribution in [-0.2, 0) is 22.6 Å². The van der Waals surface area contributed by atoms with Gasteiger partial charge in [-0.2, -0.15) is 0 Å². The van der Waals surface area contributed by atoms with E-state index in [0.717, 1.165) is 11.1 Å². The molecule has 4 rings (SSSR count). The predicted molar refractivity (Wildman–Crippen MR) is 135 cm³/mol. The van der Waals surface area contributed by atoms with Crippen LogP contribution in [0.1, 0.15) is 34.3 Å². The summed E-state index contributed by atoms with van der Waals surface area (Å²) in [4.78, 5) is 40.8. The number of piperidine rings is 1. The highest BCUT2D eigenvalue weighted by Gasteiger charge is 2.34. The lowest BCUT2D eigenvalue weighted by Gasteiger charge is -2.36. The molecule has 0 radical (unpaired) electrons. The molecule has 0 aromatic heterocycles. The Bertz CT molecular complexity index is 1110. The molecule has 6 nitrogen and oxygen atoms in total. The van der Waals surface area contributed by atoms with Crippen LogP contribution in [0, 0.1) is 5.92 Å². The lowest BCUT2D eigenvalue weighted by molar-refractivity contribution is -0.132. The van der Waals surface area contributed by atoms with E-state index >= 15 is 0 Å². The van der Waals surface area contributed by atoms with Crippen molar-refractivity contribution >= 4 is 17.7 Å². The topological polar surface area (TPSA) is 78.5 Å². The molecule has 180 valence electrons. The van der Waals surface area contributed by atoms with Crippen LogP contribution in [0.4, 0.5) is 0 Å². The maximum atomic E-state index is 13.2. The molecule has 1 atom stereocenters. The van der Waals surface area contributed by atoms with Gasteiger partial charge in [-0.3, -0.25) is 14.4 Å². The number of carbonyl (C=O) groups is 3. The van der Waals surface area contributed by atoms with Crippen molar-refractivity contribution in [1.82, 2.24) is 15.5 Å². The largest absolute Gasteiger partial charge is 0.350 e. The molecule has 1 aliphatic rings. The second-order valence-electron chi connectivity index (χ2n) is 8.90. The molecule has 1 saturated heterocycles. The maximum absolute atomic E-state index is 13.2. The van der Waals surface area contributed by atoms with Gasteiger partial charge in [0, 0.05) is 25.2 Å². The number of nitrogens with one attached hydrogen (secondary N) is 2. The van der Waals surface area contributed by atoms with E-state index in [9.17, 15) is 14.4 Å². The Morgan fingerprint density at radius 3 is 1.91 bits per heavy atom. The molecule has 1 aliphatic heterocycles. The highest BCUT2D eigenvalue weighted by Crippen LogP contribution is 2.22. The summed E-state index contributed by atoms with van der Waals surface area (Å²) >= 11 is 0. The fraction of sp³-hybridized carbons (Fsp3) is 0.276. The summed E-state index contributed by atoms with van der Waals surface area (Å²) in [7, 11) is 0. The van der Waals surface area contributed by atoms with Gasteiger partial charge in [-0.1, -0.05) is 78.9 Å². The van der Waals surface area contributed by atoms with Gasteiger partial charge >= 0.3 is 0 Å². The summed E-state index contributed by atoms with van der Waals surface area (Å²) < 4.78 is 0. The van der Waals surface area contributed by atoms with Gasteiger partial charge < -0.3 is 15.5 Å². The Balaban J connectivity index is 1.40. The third-order valence-corrected chi connectivity index (χ3v) is 6.48. The molecule has 0 bridgehead atoms. The Labute approximate surface area is 206 Å². The number of benzene rings is 3. The molecule has 0 saturated carbocycles. The number of amides is 3. The average Bonchev–Trinajstić information content (AvgIpc) is 2.92. The van der Waals surface area contributed by atoms with Crippen molar-refractivity contribution in [2.45, 2.75) is 31.8 Å². The lowest BCUT2D eigenvalue weighted by Crippen LogP contribution is -2.53. The first-order chi connectivity index (χ1) is 17.1. The first kappa shape index (κ1) is 24.2. The van der Waals surface area contributed by atoms with Crippen molar-refractivity contribution in [1.29, 1.82) is 0 Å². The predicted octanol–water partition coefficient (Wildman–Crippen LogP) is 3.58. The van der Waals surface area contributed by atoms with E-state index in [-0.39, 0.29) is 23.6 Å². The minimum absolute atomic E-state index is 0.0563. The van der Waals surface area contributed by atoms with Crippen LogP contribution in [0.25, 0.3) is 0 Å². The van der Waals surface area contributed by atoms with E-state index in [4.69, 9.17) is 0 Å². The molecule has 3 aromatic rings. The first-order valence-electron chi connectivity index (χ1n) is 12.1. The van der Waals surface area contributed by atoms with Crippen molar-refractivity contribution in [3.05, 3.63) is 108 Å². The molecule has 2 N–H and O–H groups in total.